The third kappa shape index (κ3) is 2.95. The monoisotopic (exact) mass is 470 g/mol. The van der Waals surface area contributed by atoms with Crippen LogP contribution in [0, 0.1) is 5.41 Å². The molecule has 0 saturated carbocycles. The van der Waals surface area contributed by atoms with Crippen LogP contribution >= 0.6 is 11.6 Å². The van der Waals surface area contributed by atoms with Gasteiger partial charge in [0.15, 0.2) is 11.3 Å². The van der Waals surface area contributed by atoms with E-state index in [4.69, 9.17) is 22.3 Å². The number of piperidine rings is 1. The summed E-state index contributed by atoms with van der Waals surface area (Å²) in [5.41, 5.74) is 13.3. The normalized spacial score (nSPS) is 19.4. The van der Waals surface area contributed by atoms with Gasteiger partial charge in [-0.1, -0.05) is 29.8 Å². The Kier molecular flexibility index (Phi) is 4.25. The first-order chi connectivity index (χ1) is 16.6. The second-order valence-corrected chi connectivity index (χ2v) is 9.81. The fourth-order valence-corrected chi connectivity index (χ4v) is 5.96. The van der Waals surface area contributed by atoms with E-state index in [1.54, 1.807) is 18.6 Å². The summed E-state index contributed by atoms with van der Waals surface area (Å²) >= 11 is 6.07. The highest BCUT2D eigenvalue weighted by molar-refractivity contribution is 6.29. The molecule has 7 rings (SSSR count). The van der Waals surface area contributed by atoms with Crippen LogP contribution in [-0.2, 0) is 6.42 Å². The van der Waals surface area contributed by atoms with Crippen molar-refractivity contribution in [1.82, 2.24) is 28.7 Å². The first-order valence-corrected chi connectivity index (χ1v) is 11.9. The van der Waals surface area contributed by atoms with Gasteiger partial charge < -0.3 is 19.4 Å². The maximum Gasteiger partial charge on any atom is 0.156 e. The summed E-state index contributed by atoms with van der Waals surface area (Å²) in [6.07, 6.45) is 16.2. The Labute approximate surface area is 201 Å². The fraction of sp³-hybridized carbons (Fsp3) is 0.280. The van der Waals surface area contributed by atoms with Crippen LogP contribution < -0.4 is 10.6 Å². The minimum atomic E-state index is -0.0311. The average molecular weight is 471 g/mol. The molecule has 1 atom stereocenters. The van der Waals surface area contributed by atoms with Gasteiger partial charge in [-0.3, -0.25) is 0 Å². The average Bonchev–Trinajstić information content (AvgIpc) is 3.55. The summed E-state index contributed by atoms with van der Waals surface area (Å²) in [5.74, 6) is 0.988. The number of hydrogen-bond donors (Lipinski definition) is 1. The molecule has 170 valence electrons. The van der Waals surface area contributed by atoms with Crippen molar-refractivity contribution in [2.24, 2.45) is 11.1 Å². The van der Waals surface area contributed by atoms with Crippen LogP contribution in [0.25, 0.3) is 22.6 Å². The molecular formula is C25H23ClN8. The Morgan fingerprint density at radius 2 is 1.82 bits per heavy atom. The van der Waals surface area contributed by atoms with E-state index < -0.39 is 0 Å². The molecule has 5 heterocycles. The van der Waals surface area contributed by atoms with Crippen molar-refractivity contribution < 1.29 is 0 Å². The lowest BCUT2D eigenvalue weighted by atomic mass is 9.73. The fourth-order valence-electron chi connectivity index (χ4n) is 5.80. The molecule has 1 aliphatic heterocycles. The molecule has 1 aromatic carbocycles. The molecule has 0 amide bonds. The number of anilines is 1. The Hall–Kier alpha value is -3.49. The molecule has 2 N–H and O–H groups in total. The van der Waals surface area contributed by atoms with Crippen LogP contribution in [0.15, 0.2) is 61.6 Å². The zero-order valence-corrected chi connectivity index (χ0v) is 19.2. The van der Waals surface area contributed by atoms with Crippen molar-refractivity contribution in [2.45, 2.75) is 25.3 Å². The molecular weight excluding hydrogens is 448 g/mol. The Morgan fingerprint density at radius 3 is 2.71 bits per heavy atom. The summed E-state index contributed by atoms with van der Waals surface area (Å²) < 4.78 is 3.94. The van der Waals surface area contributed by atoms with E-state index in [1.165, 1.54) is 11.1 Å². The first-order valence-electron chi connectivity index (χ1n) is 11.5. The van der Waals surface area contributed by atoms with E-state index >= 15 is 0 Å². The number of nitrogens with zero attached hydrogens (tertiary/aromatic N) is 7. The molecule has 4 aromatic heterocycles. The summed E-state index contributed by atoms with van der Waals surface area (Å²) in [7, 11) is 0. The number of fused-ring (bicyclic) bond motifs is 3. The van der Waals surface area contributed by atoms with Gasteiger partial charge in [0.05, 0.1) is 24.3 Å². The molecule has 34 heavy (non-hydrogen) atoms. The maximum absolute atomic E-state index is 7.04. The van der Waals surface area contributed by atoms with Gasteiger partial charge >= 0.3 is 0 Å². The van der Waals surface area contributed by atoms with Gasteiger partial charge in [-0.15, -0.1) is 0 Å². The van der Waals surface area contributed by atoms with Gasteiger partial charge in [-0.2, -0.15) is 0 Å². The number of hydrogen-bond acceptors (Lipinski definition) is 6. The van der Waals surface area contributed by atoms with Crippen LogP contribution in [0.1, 0.15) is 30.0 Å². The number of rotatable bonds is 2. The standard InChI is InChI=1S/C25H23ClN8/c26-19-14-34-13-18(31-21(34)12-29-19)17-3-1-2-16-10-25(24(27)23(16)17)4-7-32(8-5-25)22-15-33-9-6-28-20(33)11-30-22/h1-3,6,9,11-15,24H,4-5,7-8,10,27H2/t24-/m1/s1. The van der Waals surface area contributed by atoms with Crippen molar-refractivity contribution >= 4 is 28.7 Å². The second-order valence-electron chi connectivity index (χ2n) is 9.42. The van der Waals surface area contributed by atoms with Crippen molar-refractivity contribution in [1.29, 1.82) is 0 Å². The van der Waals surface area contributed by atoms with Crippen LogP contribution in [0.4, 0.5) is 5.82 Å². The smallest absolute Gasteiger partial charge is 0.156 e. The highest BCUT2D eigenvalue weighted by Crippen LogP contribution is 2.53. The minimum absolute atomic E-state index is 0.0311. The van der Waals surface area contributed by atoms with Crippen molar-refractivity contribution in [3.63, 3.8) is 0 Å². The lowest BCUT2D eigenvalue weighted by molar-refractivity contribution is 0.187. The molecule has 0 bridgehead atoms. The Bertz CT molecular complexity index is 1550. The van der Waals surface area contributed by atoms with Crippen LogP contribution in [-0.4, -0.2) is 41.8 Å². The topological polar surface area (TPSA) is 89.6 Å². The Balaban J connectivity index is 1.19. The second kappa shape index (κ2) is 7.25. The third-order valence-electron chi connectivity index (χ3n) is 7.64. The maximum atomic E-state index is 7.04. The van der Waals surface area contributed by atoms with Gasteiger partial charge in [0.2, 0.25) is 0 Å². The zero-order chi connectivity index (χ0) is 22.9. The quantitative estimate of drug-likeness (QED) is 0.420. The van der Waals surface area contributed by atoms with Gasteiger partial charge in [-0.25, -0.2) is 19.9 Å². The lowest BCUT2D eigenvalue weighted by Crippen LogP contribution is -2.44. The first kappa shape index (κ1) is 19.9. The molecule has 8 nitrogen and oxygen atoms in total. The van der Waals surface area contributed by atoms with Crippen molar-refractivity contribution in [3.8, 4) is 11.3 Å². The molecule has 1 saturated heterocycles. The van der Waals surface area contributed by atoms with Gasteiger partial charge in [0.25, 0.3) is 0 Å². The predicted molar refractivity (Wildman–Crippen MR) is 131 cm³/mol. The Morgan fingerprint density at radius 1 is 0.971 bits per heavy atom. The summed E-state index contributed by atoms with van der Waals surface area (Å²) in [4.78, 5) is 20.3. The van der Waals surface area contributed by atoms with Crippen LogP contribution in [0.5, 0.6) is 0 Å². The molecule has 1 fully saturated rings. The highest BCUT2D eigenvalue weighted by Gasteiger charge is 2.47. The predicted octanol–water partition coefficient (Wildman–Crippen LogP) is 3.94. The van der Waals surface area contributed by atoms with E-state index in [0.717, 1.165) is 60.7 Å². The van der Waals surface area contributed by atoms with Crippen molar-refractivity contribution in [2.75, 3.05) is 18.0 Å². The van der Waals surface area contributed by atoms with Crippen LogP contribution in [0.3, 0.4) is 0 Å². The minimum Gasteiger partial charge on any atom is -0.355 e. The van der Waals surface area contributed by atoms with E-state index in [-0.39, 0.29) is 11.5 Å². The van der Waals surface area contributed by atoms with E-state index in [0.29, 0.717) is 5.15 Å². The van der Waals surface area contributed by atoms with E-state index in [9.17, 15) is 0 Å². The molecule has 9 heteroatoms. The number of benzene rings is 1. The number of aromatic nitrogens is 6. The molecule has 0 unspecified atom stereocenters. The molecule has 2 aliphatic rings. The molecule has 0 radical (unpaired) electrons. The summed E-state index contributed by atoms with van der Waals surface area (Å²) in [5, 5.41) is 0.443. The highest BCUT2D eigenvalue weighted by atomic mass is 35.5. The van der Waals surface area contributed by atoms with Gasteiger partial charge in [0.1, 0.15) is 11.0 Å². The zero-order valence-electron chi connectivity index (χ0n) is 18.5. The summed E-state index contributed by atoms with van der Waals surface area (Å²) in [6, 6.07) is 6.45. The van der Waals surface area contributed by atoms with Crippen molar-refractivity contribution in [3.05, 3.63) is 77.9 Å². The largest absolute Gasteiger partial charge is 0.355 e. The number of halogens is 1. The van der Waals surface area contributed by atoms with Crippen LogP contribution in [0.2, 0.25) is 5.15 Å². The lowest BCUT2D eigenvalue weighted by Gasteiger charge is -2.42. The number of imidazole rings is 2. The van der Waals surface area contributed by atoms with E-state index in [1.807, 2.05) is 27.4 Å². The SMILES string of the molecule is N[C@@H]1c2c(cccc2-c2cn3cc(Cl)ncc3n2)CC12CCN(c1cn3ccnc3cn1)CC2. The molecule has 1 spiro atoms. The third-order valence-corrected chi connectivity index (χ3v) is 7.84. The van der Waals surface area contributed by atoms with Gasteiger partial charge in [-0.05, 0) is 35.8 Å². The van der Waals surface area contributed by atoms with Gasteiger partial charge in [0, 0.05) is 49.5 Å². The molecule has 5 aromatic rings. The summed E-state index contributed by atoms with van der Waals surface area (Å²) in [6.45, 7) is 1.87. The molecule has 1 aliphatic carbocycles. The van der Waals surface area contributed by atoms with E-state index in [2.05, 4.69) is 44.2 Å². The number of nitrogens with two attached hydrogens (primary N) is 1.